The van der Waals surface area contributed by atoms with Crippen LogP contribution in [0.25, 0.3) is 0 Å². The summed E-state index contributed by atoms with van der Waals surface area (Å²) in [5.41, 5.74) is 0.196. The first-order chi connectivity index (χ1) is 14.4. The van der Waals surface area contributed by atoms with Gasteiger partial charge in [-0.15, -0.1) is 0 Å². The average Bonchev–Trinajstić information content (AvgIpc) is 2.75. The second-order valence-corrected chi connectivity index (χ2v) is 11.6. The van der Waals surface area contributed by atoms with Crippen molar-refractivity contribution in [2.45, 2.75) is 37.8 Å². The van der Waals surface area contributed by atoms with Crippen molar-refractivity contribution in [1.29, 1.82) is 0 Å². The molecule has 3 rings (SSSR count). The summed E-state index contributed by atoms with van der Waals surface area (Å²) in [5, 5.41) is 5.71. The highest BCUT2D eigenvalue weighted by Crippen LogP contribution is 2.25. The summed E-state index contributed by atoms with van der Waals surface area (Å²) in [4.78, 5) is 25.5. The number of nitrogens with one attached hydrogen (secondary N) is 2. The van der Waals surface area contributed by atoms with Crippen LogP contribution < -0.4 is 10.6 Å². The maximum Gasteiger partial charge on any atom is 0.341 e. The van der Waals surface area contributed by atoms with E-state index in [1.54, 1.807) is 24.3 Å². The number of hydrogen-bond donors (Lipinski definition) is 2. The topological polar surface area (TPSA) is 126 Å². The van der Waals surface area contributed by atoms with Crippen LogP contribution in [0, 0.1) is 7.14 Å². The van der Waals surface area contributed by atoms with Gasteiger partial charge in [-0.3, -0.25) is 9.59 Å². The van der Waals surface area contributed by atoms with Gasteiger partial charge in [0, 0.05) is 12.1 Å². The molecule has 0 saturated heterocycles. The monoisotopic (exact) mass is 638 g/mol. The first-order valence-corrected chi connectivity index (χ1v) is 15.0. The van der Waals surface area contributed by atoms with Crippen LogP contribution >= 0.6 is 39.6 Å². The molecule has 2 aromatic rings. The van der Waals surface area contributed by atoms with Crippen LogP contribution in [0.3, 0.4) is 0 Å². The second kappa shape index (κ2) is 10.4. The Morgan fingerprint density at radius 3 is 1.40 bits per heavy atom. The fourth-order valence-corrected chi connectivity index (χ4v) is 6.33. The third kappa shape index (κ3) is 5.39. The maximum atomic E-state index is 12.7. The van der Waals surface area contributed by atoms with Gasteiger partial charge in [0.05, 0.1) is 18.3 Å². The predicted octanol–water partition coefficient (Wildman–Crippen LogP) is 3.89. The number of benzene rings is 2. The SMILES string of the molecule is O=C(N[C@H]1CCCC[C@@H]1NC(=O)c1ccccc1I(=O)=O)c1ccccc1I(=O)=O. The number of carbonyl (C=O) groups is 2. The Hall–Kier alpha value is -1.96. The fraction of sp³-hybridized carbons (Fsp3) is 0.300. The molecule has 0 unspecified atom stereocenters. The quantitative estimate of drug-likeness (QED) is 0.463. The zero-order chi connectivity index (χ0) is 21.7. The summed E-state index contributed by atoms with van der Waals surface area (Å²) in [5.74, 6) is -1.00. The highest BCUT2D eigenvalue weighted by atomic mass is 127. The molecule has 1 aliphatic rings. The fourth-order valence-electron chi connectivity index (χ4n) is 3.53. The molecule has 160 valence electrons. The van der Waals surface area contributed by atoms with E-state index in [4.69, 9.17) is 0 Å². The van der Waals surface area contributed by atoms with Crippen LogP contribution in [0.4, 0.5) is 0 Å². The van der Waals surface area contributed by atoms with Crippen molar-refractivity contribution in [2.24, 2.45) is 0 Å². The maximum absolute atomic E-state index is 12.7. The minimum absolute atomic E-state index is 0.0343. The smallest absolute Gasteiger partial charge is 0.341 e. The molecule has 10 heteroatoms. The number of amides is 2. The van der Waals surface area contributed by atoms with Gasteiger partial charge < -0.3 is 10.6 Å². The highest BCUT2D eigenvalue weighted by Gasteiger charge is 2.30. The molecule has 1 fully saturated rings. The number of hydrogen-bond acceptors (Lipinski definition) is 6. The van der Waals surface area contributed by atoms with Crippen molar-refractivity contribution in [3.8, 4) is 0 Å². The molecule has 2 atom stereocenters. The molecule has 2 aromatic carbocycles. The molecule has 1 aliphatic carbocycles. The Bertz CT molecular complexity index is 1010. The summed E-state index contributed by atoms with van der Waals surface area (Å²) in [6, 6.07) is 11.3. The summed E-state index contributed by atoms with van der Waals surface area (Å²) in [7, 11) is 0. The zero-order valence-corrected chi connectivity index (χ0v) is 20.1. The Balaban J connectivity index is 1.78. The minimum Gasteiger partial charge on any atom is -0.347 e. The molecule has 2 amide bonds. The lowest BCUT2D eigenvalue weighted by Crippen LogP contribution is -2.53. The molecule has 0 spiro atoms. The van der Waals surface area contributed by atoms with Crippen molar-refractivity contribution in [1.82, 2.24) is 10.6 Å². The van der Waals surface area contributed by atoms with Crippen LogP contribution in [-0.4, -0.2) is 23.9 Å². The molecular formula is C20H20I2N2O6. The molecule has 0 aromatic heterocycles. The highest BCUT2D eigenvalue weighted by molar-refractivity contribution is 14.2. The lowest BCUT2D eigenvalue weighted by Gasteiger charge is -2.33. The van der Waals surface area contributed by atoms with Crippen molar-refractivity contribution in [3.63, 3.8) is 0 Å². The van der Waals surface area contributed by atoms with E-state index in [1.165, 1.54) is 24.3 Å². The average molecular weight is 638 g/mol. The first-order valence-electron chi connectivity index (χ1n) is 9.29. The lowest BCUT2D eigenvalue weighted by atomic mass is 9.89. The molecule has 0 bridgehead atoms. The van der Waals surface area contributed by atoms with E-state index >= 15 is 0 Å². The Kier molecular flexibility index (Phi) is 7.86. The van der Waals surface area contributed by atoms with Crippen LogP contribution in [0.1, 0.15) is 46.4 Å². The summed E-state index contributed by atoms with van der Waals surface area (Å²) in [6.45, 7) is 0. The van der Waals surface area contributed by atoms with E-state index in [9.17, 15) is 21.9 Å². The molecule has 0 heterocycles. The summed E-state index contributed by atoms with van der Waals surface area (Å²) in [6.07, 6.45) is 2.96. The van der Waals surface area contributed by atoms with Gasteiger partial charge in [-0.25, -0.2) is 12.3 Å². The van der Waals surface area contributed by atoms with Crippen LogP contribution in [0.2, 0.25) is 0 Å². The lowest BCUT2D eigenvalue weighted by molar-refractivity contribution is 0.0862. The van der Waals surface area contributed by atoms with Crippen molar-refractivity contribution in [2.75, 3.05) is 0 Å². The van der Waals surface area contributed by atoms with Crippen LogP contribution in [0.5, 0.6) is 0 Å². The van der Waals surface area contributed by atoms with Gasteiger partial charge in [-0.2, -0.15) is 0 Å². The molecular weight excluding hydrogens is 618 g/mol. The molecule has 2 N–H and O–H groups in total. The molecule has 8 nitrogen and oxygen atoms in total. The molecule has 30 heavy (non-hydrogen) atoms. The molecule has 1 saturated carbocycles. The van der Waals surface area contributed by atoms with Crippen molar-refractivity contribution < 1.29 is 21.9 Å². The molecule has 0 radical (unpaired) electrons. The Morgan fingerprint density at radius 1 is 0.667 bits per heavy atom. The van der Waals surface area contributed by atoms with Crippen LogP contribution in [0.15, 0.2) is 48.5 Å². The van der Waals surface area contributed by atoms with Crippen LogP contribution in [-0.2, 0) is 12.3 Å². The van der Waals surface area contributed by atoms with Gasteiger partial charge in [0.2, 0.25) is 0 Å². The van der Waals surface area contributed by atoms with Crippen molar-refractivity contribution >= 4 is 51.4 Å². The van der Waals surface area contributed by atoms with E-state index in [-0.39, 0.29) is 30.4 Å². The van der Waals surface area contributed by atoms with Gasteiger partial charge >= 0.3 is 39.6 Å². The van der Waals surface area contributed by atoms with Gasteiger partial charge in [-0.1, -0.05) is 37.1 Å². The van der Waals surface area contributed by atoms with Gasteiger partial charge in [-0.05, 0) is 37.1 Å². The molecule has 0 aliphatic heterocycles. The number of rotatable bonds is 6. The normalized spacial score (nSPS) is 18.9. The second-order valence-electron chi connectivity index (χ2n) is 6.84. The van der Waals surface area contributed by atoms with E-state index < -0.39 is 51.4 Å². The summed E-state index contributed by atoms with van der Waals surface area (Å²) >= 11 is -7.68. The minimum atomic E-state index is -3.84. The zero-order valence-electron chi connectivity index (χ0n) is 15.8. The largest absolute Gasteiger partial charge is 0.347 e. The third-order valence-corrected chi connectivity index (χ3v) is 8.75. The first kappa shape index (κ1) is 22.7. The standard InChI is InChI=1S/C20H20I2N2O6/c25-19(13-7-1-3-9-15(13)21(27)28)23-17-11-5-6-12-18(17)24-20(26)14-8-2-4-10-16(14)22(29)30/h1-4,7-10,17-18H,5-6,11-12H2,(H,23,25)(H,24,26)/t17-,18-/m0/s1. The van der Waals surface area contributed by atoms with E-state index in [2.05, 4.69) is 10.6 Å². The van der Waals surface area contributed by atoms with Gasteiger partial charge in [0.25, 0.3) is 11.8 Å². The van der Waals surface area contributed by atoms with Gasteiger partial charge in [0.1, 0.15) is 0 Å². The predicted molar refractivity (Wildman–Crippen MR) is 122 cm³/mol. The van der Waals surface area contributed by atoms with E-state index in [0.29, 0.717) is 12.8 Å². The Morgan fingerprint density at radius 2 is 1.03 bits per heavy atom. The third-order valence-electron chi connectivity index (χ3n) is 4.97. The number of halogens is 2. The van der Waals surface area contributed by atoms with Crippen molar-refractivity contribution in [3.05, 3.63) is 66.8 Å². The number of carbonyl (C=O) groups excluding carboxylic acids is 2. The van der Waals surface area contributed by atoms with E-state index in [0.717, 1.165) is 12.8 Å². The summed E-state index contributed by atoms with van der Waals surface area (Å²) < 4.78 is 46.1. The van der Waals surface area contributed by atoms with Gasteiger partial charge in [0.15, 0.2) is 0 Å². The van der Waals surface area contributed by atoms with E-state index in [1.807, 2.05) is 0 Å². The Labute approximate surface area is 187 Å².